The SMILES string of the molecule is CC(C)c1ccc2oc(-c3cc(NC(=O)C(C)(C)Oc4ccc(C(C)(C)C)cc4)ccc3Cl)nc2c1. The maximum absolute atomic E-state index is 13.1. The number of halogens is 1. The first-order valence-electron chi connectivity index (χ1n) is 12.1. The number of benzene rings is 3. The van der Waals surface area contributed by atoms with Crippen LogP contribution >= 0.6 is 11.6 Å². The van der Waals surface area contributed by atoms with Crippen molar-refractivity contribution in [1.82, 2.24) is 4.98 Å². The van der Waals surface area contributed by atoms with Gasteiger partial charge in [-0.1, -0.05) is 64.4 Å². The zero-order valence-electron chi connectivity index (χ0n) is 21.9. The van der Waals surface area contributed by atoms with Crippen molar-refractivity contribution in [2.24, 2.45) is 0 Å². The Morgan fingerprint density at radius 1 is 0.972 bits per heavy atom. The van der Waals surface area contributed by atoms with Crippen LogP contribution in [-0.4, -0.2) is 16.5 Å². The molecule has 3 aromatic carbocycles. The summed E-state index contributed by atoms with van der Waals surface area (Å²) >= 11 is 6.48. The molecular weight excluding hydrogens is 472 g/mol. The smallest absolute Gasteiger partial charge is 0.267 e. The minimum absolute atomic E-state index is 0.0448. The van der Waals surface area contributed by atoms with Gasteiger partial charge in [-0.15, -0.1) is 0 Å². The van der Waals surface area contributed by atoms with Crippen molar-refractivity contribution in [1.29, 1.82) is 0 Å². The molecule has 0 unspecified atom stereocenters. The van der Waals surface area contributed by atoms with E-state index in [-0.39, 0.29) is 11.3 Å². The Kier molecular flexibility index (Phi) is 6.89. The fourth-order valence-corrected chi connectivity index (χ4v) is 4.03. The fourth-order valence-electron chi connectivity index (χ4n) is 3.83. The van der Waals surface area contributed by atoms with E-state index in [9.17, 15) is 4.79 Å². The summed E-state index contributed by atoms with van der Waals surface area (Å²) in [6, 6.07) is 19.1. The lowest BCUT2D eigenvalue weighted by Gasteiger charge is -2.26. The molecule has 6 heteroatoms. The van der Waals surface area contributed by atoms with Gasteiger partial charge in [-0.3, -0.25) is 4.79 Å². The van der Waals surface area contributed by atoms with Gasteiger partial charge in [0.05, 0.1) is 10.6 Å². The van der Waals surface area contributed by atoms with Gasteiger partial charge in [0.2, 0.25) is 5.89 Å². The van der Waals surface area contributed by atoms with Crippen LogP contribution < -0.4 is 10.1 Å². The fraction of sp³-hybridized carbons (Fsp3) is 0.333. The van der Waals surface area contributed by atoms with Crippen molar-refractivity contribution >= 4 is 34.3 Å². The number of nitrogens with zero attached hydrogens (tertiary/aromatic N) is 1. The number of aromatic nitrogens is 1. The molecule has 4 rings (SSSR count). The van der Waals surface area contributed by atoms with E-state index in [1.165, 1.54) is 11.1 Å². The van der Waals surface area contributed by atoms with E-state index >= 15 is 0 Å². The first-order chi connectivity index (χ1) is 16.8. The number of hydrogen-bond acceptors (Lipinski definition) is 4. The van der Waals surface area contributed by atoms with Crippen LogP contribution in [0.4, 0.5) is 5.69 Å². The zero-order chi connectivity index (χ0) is 26.3. The Morgan fingerprint density at radius 2 is 1.67 bits per heavy atom. The summed E-state index contributed by atoms with van der Waals surface area (Å²) in [6.45, 7) is 14.2. The Morgan fingerprint density at radius 3 is 2.31 bits per heavy atom. The van der Waals surface area contributed by atoms with Gasteiger partial charge < -0.3 is 14.5 Å². The molecule has 0 aliphatic heterocycles. The largest absolute Gasteiger partial charge is 0.478 e. The first-order valence-corrected chi connectivity index (χ1v) is 12.5. The topological polar surface area (TPSA) is 64.4 Å². The lowest BCUT2D eigenvalue weighted by Crippen LogP contribution is -2.42. The number of oxazole rings is 1. The van der Waals surface area contributed by atoms with Crippen LogP contribution in [0.3, 0.4) is 0 Å². The molecule has 5 nitrogen and oxygen atoms in total. The average molecular weight is 505 g/mol. The minimum atomic E-state index is -1.10. The lowest BCUT2D eigenvalue weighted by molar-refractivity contribution is -0.128. The molecule has 1 aromatic heterocycles. The number of carbonyl (C=O) groups is 1. The molecule has 4 aromatic rings. The van der Waals surface area contributed by atoms with Crippen molar-refractivity contribution in [3.63, 3.8) is 0 Å². The van der Waals surface area contributed by atoms with Gasteiger partial charge in [-0.2, -0.15) is 0 Å². The van der Waals surface area contributed by atoms with Gasteiger partial charge in [-0.05, 0) is 78.8 Å². The number of rotatable bonds is 6. The molecule has 1 heterocycles. The summed E-state index contributed by atoms with van der Waals surface area (Å²) in [5.74, 6) is 1.14. The lowest BCUT2D eigenvalue weighted by atomic mass is 9.87. The maximum atomic E-state index is 13.1. The molecule has 1 N–H and O–H groups in total. The quantitative estimate of drug-likeness (QED) is 0.286. The number of hydrogen-bond donors (Lipinski definition) is 1. The van der Waals surface area contributed by atoms with Crippen LogP contribution in [0.5, 0.6) is 5.75 Å². The van der Waals surface area contributed by atoms with Gasteiger partial charge >= 0.3 is 0 Å². The predicted octanol–water partition coefficient (Wildman–Crippen LogP) is 8.37. The summed E-state index contributed by atoms with van der Waals surface area (Å²) in [6.07, 6.45) is 0. The molecule has 0 aliphatic carbocycles. The second-order valence-corrected chi connectivity index (χ2v) is 11.3. The van der Waals surface area contributed by atoms with Crippen LogP contribution in [0.25, 0.3) is 22.6 Å². The highest BCUT2D eigenvalue weighted by Crippen LogP contribution is 2.34. The summed E-state index contributed by atoms with van der Waals surface area (Å²) in [7, 11) is 0. The van der Waals surface area contributed by atoms with Gasteiger partial charge in [0.25, 0.3) is 5.91 Å². The molecule has 0 saturated carbocycles. The molecule has 0 radical (unpaired) electrons. The maximum Gasteiger partial charge on any atom is 0.267 e. The summed E-state index contributed by atoms with van der Waals surface area (Å²) in [5.41, 5.74) is 3.96. The van der Waals surface area contributed by atoms with Crippen molar-refractivity contribution < 1.29 is 13.9 Å². The minimum Gasteiger partial charge on any atom is -0.478 e. The number of carbonyl (C=O) groups excluding carboxylic acids is 1. The second-order valence-electron chi connectivity index (χ2n) is 10.9. The van der Waals surface area contributed by atoms with Gasteiger partial charge in [-0.25, -0.2) is 4.98 Å². The molecular formula is C30H33ClN2O3. The Balaban J connectivity index is 1.53. The number of amides is 1. The van der Waals surface area contributed by atoms with E-state index < -0.39 is 5.60 Å². The van der Waals surface area contributed by atoms with E-state index in [4.69, 9.17) is 20.8 Å². The van der Waals surface area contributed by atoms with Crippen LogP contribution in [-0.2, 0) is 10.2 Å². The summed E-state index contributed by atoms with van der Waals surface area (Å²) in [4.78, 5) is 17.8. The van der Waals surface area contributed by atoms with Crippen molar-refractivity contribution in [2.45, 2.75) is 65.4 Å². The second kappa shape index (κ2) is 9.62. The van der Waals surface area contributed by atoms with Crippen LogP contribution in [0, 0.1) is 0 Å². The zero-order valence-corrected chi connectivity index (χ0v) is 22.7. The highest BCUT2D eigenvalue weighted by atomic mass is 35.5. The van der Waals surface area contributed by atoms with Crippen molar-refractivity contribution in [3.05, 3.63) is 76.8 Å². The highest BCUT2D eigenvalue weighted by molar-refractivity contribution is 6.33. The van der Waals surface area contributed by atoms with Crippen molar-refractivity contribution in [2.75, 3.05) is 5.32 Å². The van der Waals surface area contributed by atoms with Crippen LogP contribution in [0.2, 0.25) is 5.02 Å². The number of ether oxygens (including phenoxy) is 1. The Labute approximate surface area is 217 Å². The standard InChI is InChI=1S/C30H33ClN2O3/c1-18(2)19-8-15-26-25(16-19)33-27(35-26)23-17-21(11-14-24(23)31)32-28(34)30(6,7)36-22-12-9-20(10-13-22)29(3,4)5/h8-18H,1-7H3,(H,32,34). The van der Waals surface area contributed by atoms with Gasteiger partial charge in [0, 0.05) is 5.69 Å². The molecule has 0 atom stereocenters. The highest BCUT2D eigenvalue weighted by Gasteiger charge is 2.30. The first kappa shape index (κ1) is 25.8. The molecule has 0 spiro atoms. The number of nitrogens with one attached hydrogen (secondary N) is 1. The Hall–Kier alpha value is -3.31. The third-order valence-electron chi connectivity index (χ3n) is 6.17. The summed E-state index contributed by atoms with van der Waals surface area (Å²) in [5, 5.41) is 3.43. The number of fused-ring (bicyclic) bond motifs is 1. The van der Waals surface area contributed by atoms with Crippen LogP contribution in [0.1, 0.15) is 65.5 Å². The molecule has 0 bridgehead atoms. The number of anilines is 1. The van der Waals surface area contributed by atoms with Crippen molar-refractivity contribution in [3.8, 4) is 17.2 Å². The monoisotopic (exact) mass is 504 g/mol. The van der Waals surface area contributed by atoms with E-state index in [0.29, 0.717) is 39.4 Å². The predicted molar refractivity (Wildman–Crippen MR) is 147 cm³/mol. The molecule has 0 aliphatic rings. The molecule has 0 saturated heterocycles. The van der Waals surface area contributed by atoms with Gasteiger partial charge in [0.15, 0.2) is 11.2 Å². The van der Waals surface area contributed by atoms with E-state index in [0.717, 1.165) is 5.52 Å². The molecule has 0 fully saturated rings. The average Bonchev–Trinajstić information content (AvgIpc) is 3.23. The van der Waals surface area contributed by atoms with E-state index in [2.05, 4.69) is 44.9 Å². The van der Waals surface area contributed by atoms with Crippen LogP contribution in [0.15, 0.2) is 65.1 Å². The third-order valence-corrected chi connectivity index (χ3v) is 6.50. The van der Waals surface area contributed by atoms with E-state index in [1.807, 2.05) is 42.5 Å². The normalized spacial score (nSPS) is 12.2. The summed E-state index contributed by atoms with van der Waals surface area (Å²) < 4.78 is 12.0. The van der Waals surface area contributed by atoms with Gasteiger partial charge in [0.1, 0.15) is 11.3 Å². The molecule has 188 valence electrons. The third kappa shape index (κ3) is 5.57. The van der Waals surface area contributed by atoms with E-state index in [1.54, 1.807) is 32.0 Å². The molecule has 36 heavy (non-hydrogen) atoms. The Bertz CT molecular complexity index is 1400. The molecule has 1 amide bonds.